The van der Waals surface area contributed by atoms with Crippen LogP contribution in [0.5, 0.6) is 0 Å². The van der Waals surface area contributed by atoms with E-state index >= 15 is 0 Å². The summed E-state index contributed by atoms with van der Waals surface area (Å²) >= 11 is 0. The predicted octanol–water partition coefficient (Wildman–Crippen LogP) is 15.8. The largest absolute Gasteiger partial charge is 0.418 e. The zero-order chi connectivity index (χ0) is 36.6. The van der Waals surface area contributed by atoms with Crippen molar-refractivity contribution in [3.05, 3.63) is 118 Å². The quantitative estimate of drug-likeness (QED) is 0.170. The van der Waals surface area contributed by atoms with E-state index in [1.54, 1.807) is 0 Å². The summed E-state index contributed by atoms with van der Waals surface area (Å²) in [4.78, 5) is 0. The molecule has 1 heterocycles. The second-order valence-corrected chi connectivity index (χ2v) is 22.4. The zero-order valence-corrected chi connectivity index (χ0v) is 34.3. The van der Waals surface area contributed by atoms with Crippen LogP contribution in [0.2, 0.25) is 0 Å². The Kier molecular flexibility index (Phi) is 9.06. The van der Waals surface area contributed by atoms with Gasteiger partial charge in [-0.15, -0.1) is 0 Å². The Bertz CT molecular complexity index is 2320. The highest BCUT2D eigenvalue weighted by atomic mass is 31.2. The summed E-state index contributed by atoms with van der Waals surface area (Å²) in [5.74, 6) is 0.882. The van der Waals surface area contributed by atoms with E-state index in [-0.39, 0.29) is 10.3 Å². The van der Waals surface area contributed by atoms with Crippen LogP contribution in [-0.2, 0) is 5.90 Å². The maximum atomic E-state index is 7.57. The van der Waals surface area contributed by atoms with Gasteiger partial charge in [-0.25, -0.2) is 0 Å². The Balaban J connectivity index is 1.80. The summed E-state index contributed by atoms with van der Waals surface area (Å²) in [5.41, 5.74) is 14.3. The molecule has 51 heavy (non-hydrogen) atoms. The van der Waals surface area contributed by atoms with Gasteiger partial charge in [0.05, 0.1) is 5.90 Å². The smallest absolute Gasteiger partial charge is 0.221 e. The molecule has 0 atom stereocenters. The van der Waals surface area contributed by atoms with E-state index in [4.69, 9.17) is 8.39 Å². The number of fused-ring (bicyclic) bond motifs is 7. The van der Waals surface area contributed by atoms with Crippen molar-refractivity contribution in [3.63, 3.8) is 0 Å². The molecule has 0 saturated carbocycles. The number of hydrogen-bond acceptors (Lipinski definition) is 2. The summed E-state index contributed by atoms with van der Waals surface area (Å²) in [5, 5.41) is 7.30. The van der Waals surface area contributed by atoms with Gasteiger partial charge in [0.25, 0.3) is 0 Å². The first-order chi connectivity index (χ1) is 24.0. The lowest BCUT2D eigenvalue weighted by Crippen LogP contribution is -2.24. The van der Waals surface area contributed by atoms with E-state index in [0.717, 1.165) is 39.0 Å². The van der Waals surface area contributed by atoms with Crippen molar-refractivity contribution in [1.82, 2.24) is 0 Å². The minimum atomic E-state index is -1.39. The van der Waals surface area contributed by atoms with Gasteiger partial charge < -0.3 is 8.39 Å². The molecule has 0 aliphatic heterocycles. The van der Waals surface area contributed by atoms with Gasteiger partial charge in [-0.05, 0) is 119 Å². The van der Waals surface area contributed by atoms with Crippen molar-refractivity contribution in [1.29, 1.82) is 0 Å². The van der Waals surface area contributed by atoms with Crippen molar-refractivity contribution in [3.8, 4) is 22.3 Å². The van der Waals surface area contributed by atoms with Crippen LogP contribution < -0.4 is 0 Å². The van der Waals surface area contributed by atoms with Gasteiger partial charge in [0.15, 0.2) is 11.2 Å². The highest BCUT2D eigenvalue weighted by Gasteiger charge is 2.36. The van der Waals surface area contributed by atoms with Crippen LogP contribution in [0.15, 0.2) is 93.3 Å². The lowest BCUT2D eigenvalue weighted by Gasteiger charge is -2.40. The van der Waals surface area contributed by atoms with Crippen LogP contribution in [0.4, 0.5) is 0 Å². The van der Waals surface area contributed by atoms with Gasteiger partial charge in [-0.1, -0.05) is 133 Å². The fourth-order valence-corrected chi connectivity index (χ4v) is 16.4. The van der Waals surface area contributed by atoms with Gasteiger partial charge >= 0.3 is 0 Å². The van der Waals surface area contributed by atoms with Crippen LogP contribution in [0.3, 0.4) is 0 Å². The Hall–Kier alpha value is -3.83. The van der Waals surface area contributed by atoms with E-state index in [2.05, 4.69) is 168 Å². The summed E-state index contributed by atoms with van der Waals surface area (Å²) in [6.45, 7) is 27.7. The summed E-state index contributed by atoms with van der Waals surface area (Å²) < 4.78 is 15.1. The molecule has 0 N–H and O–H groups in total. The monoisotopic (exact) mass is 710 g/mol. The van der Waals surface area contributed by atoms with Crippen LogP contribution in [0, 0.1) is 41.5 Å². The fourth-order valence-electron chi connectivity index (χ4n) is 8.75. The molecule has 262 valence electrons. The third-order valence-electron chi connectivity index (χ3n) is 10.4. The highest BCUT2D eigenvalue weighted by Crippen LogP contribution is 2.65. The first-order valence-corrected chi connectivity index (χ1v) is 21.1. The minimum Gasteiger partial charge on any atom is -0.418 e. The molecule has 7 rings (SSSR count). The van der Waals surface area contributed by atoms with E-state index in [1.807, 2.05) is 0 Å². The Morgan fingerprint density at radius 2 is 0.863 bits per heavy atom. The molecule has 6 aromatic carbocycles. The van der Waals surface area contributed by atoms with Gasteiger partial charge in [0, 0.05) is 21.9 Å². The first kappa shape index (κ1) is 35.6. The van der Waals surface area contributed by atoms with Crippen molar-refractivity contribution in [2.45, 2.75) is 99.3 Å². The lowest BCUT2D eigenvalue weighted by atomic mass is 9.87. The molecule has 0 amide bonds. The van der Waals surface area contributed by atoms with Crippen LogP contribution in [0.25, 0.3) is 65.7 Å². The number of aryl methyl sites for hydroxylation is 6. The number of hydrogen-bond donors (Lipinski definition) is 0. The van der Waals surface area contributed by atoms with E-state index in [0.29, 0.717) is 0 Å². The van der Waals surface area contributed by atoms with E-state index in [9.17, 15) is 0 Å². The SMILES string of the molecule is Cc1cc(C)c(-c2cc3ccccc3c3c2op(CP(C(C)(C)C)C(C)(C)C)oc2c(-c4c(C)cc(C)cc4C)cc4ccccc4c23)c(C)c1. The summed E-state index contributed by atoms with van der Waals surface area (Å²) in [6, 6.07) is 31.7. The molecular formula is C47H52O2P2. The molecule has 1 aromatic heterocycles. The molecule has 0 radical (unpaired) electrons. The van der Waals surface area contributed by atoms with Crippen LogP contribution >= 0.6 is 15.9 Å². The Morgan fingerprint density at radius 1 is 0.510 bits per heavy atom. The molecule has 2 nitrogen and oxygen atoms in total. The second-order valence-electron chi connectivity index (χ2n) is 16.7. The fraction of sp³-hybridized carbons (Fsp3) is 0.319. The van der Waals surface area contributed by atoms with E-state index in [1.165, 1.54) is 66.1 Å². The summed E-state index contributed by atoms with van der Waals surface area (Å²) in [6.07, 6.45) is 0. The Morgan fingerprint density at radius 3 is 1.22 bits per heavy atom. The Labute approximate surface area is 306 Å². The second kappa shape index (κ2) is 13.0. The normalized spacial score (nSPS) is 12.6. The summed E-state index contributed by atoms with van der Waals surface area (Å²) in [7, 11) is -1.89. The number of rotatable bonds is 4. The third-order valence-corrected chi connectivity index (χ3v) is 16.5. The molecule has 0 saturated heterocycles. The minimum absolute atomic E-state index is 0.118. The predicted molar refractivity (Wildman–Crippen MR) is 227 cm³/mol. The van der Waals surface area contributed by atoms with E-state index < -0.39 is 15.9 Å². The molecule has 0 spiro atoms. The van der Waals surface area contributed by atoms with Gasteiger partial charge in [0.1, 0.15) is 0 Å². The van der Waals surface area contributed by atoms with Crippen molar-refractivity contribution in [2.75, 3.05) is 0 Å². The topological polar surface area (TPSA) is 26.3 Å². The maximum Gasteiger partial charge on any atom is 0.221 e. The highest BCUT2D eigenvalue weighted by molar-refractivity contribution is 7.68. The maximum absolute atomic E-state index is 7.57. The standard InChI is InChI=1S/C47H52O2P2/c1-28-21-30(3)40(31(4)22-28)38-25-34-17-13-15-19-36(34)42-43-37-20-16-14-18-35(37)26-39(41-32(5)23-29(2)24-33(41)6)45(43)49-51(48-44(38)42)27-50(46(7,8)9)47(10,11)12/h13-26H,27H2,1-12H3. The van der Waals surface area contributed by atoms with Crippen molar-refractivity contribution >= 4 is 59.4 Å². The molecule has 4 heteroatoms. The van der Waals surface area contributed by atoms with Gasteiger partial charge in [-0.2, -0.15) is 0 Å². The zero-order valence-electron chi connectivity index (χ0n) is 32.5. The average molecular weight is 711 g/mol. The van der Waals surface area contributed by atoms with Crippen LogP contribution in [0.1, 0.15) is 74.9 Å². The molecule has 0 fully saturated rings. The third kappa shape index (κ3) is 6.45. The lowest BCUT2D eigenvalue weighted by molar-refractivity contribution is 0.639. The molecular weight excluding hydrogens is 658 g/mol. The van der Waals surface area contributed by atoms with Gasteiger partial charge in [0.2, 0.25) is 8.01 Å². The molecule has 7 aromatic rings. The van der Waals surface area contributed by atoms with Crippen molar-refractivity contribution in [2.24, 2.45) is 0 Å². The average Bonchev–Trinajstić information content (AvgIpc) is 3.19. The molecule has 0 unspecified atom stereocenters. The van der Waals surface area contributed by atoms with Crippen LogP contribution in [-0.4, -0.2) is 10.3 Å². The molecule has 0 bridgehead atoms. The molecule has 0 aliphatic rings. The van der Waals surface area contributed by atoms with Gasteiger partial charge in [-0.3, -0.25) is 0 Å². The van der Waals surface area contributed by atoms with Crippen molar-refractivity contribution < 1.29 is 8.39 Å². The number of benzene rings is 6. The molecule has 0 aliphatic carbocycles. The first-order valence-electron chi connectivity index (χ1n) is 18.2.